The van der Waals surface area contributed by atoms with Crippen molar-refractivity contribution < 1.29 is 23.7 Å². The third kappa shape index (κ3) is 4.70. The Hall–Kier alpha value is -1.98. The van der Waals surface area contributed by atoms with Crippen LogP contribution in [0, 0.1) is 0 Å². The van der Waals surface area contributed by atoms with Gasteiger partial charge in [-0.1, -0.05) is 43.1 Å². The lowest BCUT2D eigenvalue weighted by Crippen LogP contribution is -2.41. The Morgan fingerprint density at radius 3 is 2.71 bits per heavy atom. The Morgan fingerprint density at radius 1 is 1.32 bits per heavy atom. The standard InChI is InChI=1S/C20H21ClNO5P/c1-2-5-18(20(23)24)22-17(12-13-26-28(22)25)16-6-3-4-7-19(16)27-15-10-8-14(21)9-11-15/h3-4,6-11,17-18H,2,5,12-13H2,1H3/p+1. The Balaban J connectivity index is 1.96. The first kappa shape index (κ1) is 20.7. The van der Waals surface area contributed by atoms with Crippen LogP contribution >= 0.6 is 19.8 Å². The van der Waals surface area contributed by atoms with Gasteiger partial charge in [-0.3, -0.25) is 4.79 Å². The molecule has 3 atom stereocenters. The van der Waals surface area contributed by atoms with Crippen LogP contribution in [0.3, 0.4) is 0 Å². The molecule has 8 heteroatoms. The van der Waals surface area contributed by atoms with Gasteiger partial charge in [-0.15, -0.1) is 4.52 Å². The maximum Gasteiger partial charge on any atom is 0.617 e. The summed E-state index contributed by atoms with van der Waals surface area (Å²) in [5.74, 6) is 0.200. The van der Waals surface area contributed by atoms with Gasteiger partial charge in [0.05, 0.1) is 6.04 Å². The molecule has 2 aromatic rings. The molecule has 0 aliphatic carbocycles. The maximum atomic E-state index is 12.6. The molecule has 28 heavy (non-hydrogen) atoms. The first-order valence-electron chi connectivity index (χ1n) is 9.14. The number of nitrogens with zero attached hydrogens (tertiary/aromatic N) is 1. The molecular weight excluding hydrogens is 401 g/mol. The van der Waals surface area contributed by atoms with E-state index in [2.05, 4.69) is 0 Å². The van der Waals surface area contributed by atoms with Crippen LogP contribution in [0.25, 0.3) is 0 Å². The number of para-hydroxylation sites is 1. The number of benzene rings is 2. The van der Waals surface area contributed by atoms with Crippen molar-refractivity contribution in [2.45, 2.75) is 38.3 Å². The van der Waals surface area contributed by atoms with Gasteiger partial charge in [0.25, 0.3) is 0 Å². The van der Waals surface area contributed by atoms with Crippen LogP contribution in [-0.4, -0.2) is 28.4 Å². The van der Waals surface area contributed by atoms with E-state index in [9.17, 15) is 14.5 Å². The molecule has 1 fully saturated rings. The van der Waals surface area contributed by atoms with Crippen molar-refractivity contribution in [1.29, 1.82) is 0 Å². The Labute approximate surface area is 169 Å². The summed E-state index contributed by atoms with van der Waals surface area (Å²) in [5, 5.41) is 10.3. The number of rotatable bonds is 7. The van der Waals surface area contributed by atoms with E-state index >= 15 is 0 Å². The minimum absolute atomic E-state index is 0.296. The van der Waals surface area contributed by atoms with Gasteiger partial charge in [-0.05, 0) is 52.4 Å². The summed E-state index contributed by atoms with van der Waals surface area (Å²) in [6, 6.07) is 13.1. The Kier molecular flexibility index (Phi) is 7.03. The second-order valence-corrected chi connectivity index (χ2v) is 8.12. The highest BCUT2D eigenvalue weighted by Crippen LogP contribution is 2.48. The van der Waals surface area contributed by atoms with Crippen molar-refractivity contribution in [3.63, 3.8) is 0 Å². The third-order valence-corrected chi connectivity index (χ3v) is 6.18. The van der Waals surface area contributed by atoms with Crippen LogP contribution in [0.4, 0.5) is 0 Å². The van der Waals surface area contributed by atoms with Gasteiger partial charge >= 0.3 is 14.1 Å². The summed E-state index contributed by atoms with van der Waals surface area (Å²) in [5.41, 5.74) is 0.784. The molecule has 3 unspecified atom stereocenters. The van der Waals surface area contributed by atoms with Crippen LogP contribution < -0.4 is 4.74 Å². The van der Waals surface area contributed by atoms with Gasteiger partial charge < -0.3 is 9.84 Å². The number of carboxylic acids is 1. The molecule has 148 valence electrons. The minimum Gasteiger partial charge on any atom is -0.480 e. The summed E-state index contributed by atoms with van der Waals surface area (Å²) in [4.78, 5) is 11.8. The van der Waals surface area contributed by atoms with Crippen molar-refractivity contribution in [2.24, 2.45) is 0 Å². The summed E-state index contributed by atoms with van der Waals surface area (Å²) in [7, 11) is -2.25. The lowest BCUT2D eigenvalue weighted by molar-refractivity contribution is -0.143. The third-order valence-electron chi connectivity index (χ3n) is 4.59. The summed E-state index contributed by atoms with van der Waals surface area (Å²) < 4.78 is 25.5. The van der Waals surface area contributed by atoms with Gasteiger partial charge in [-0.25, -0.2) is 0 Å². The molecule has 1 heterocycles. The lowest BCUT2D eigenvalue weighted by Gasteiger charge is -2.30. The van der Waals surface area contributed by atoms with Crippen molar-refractivity contribution >= 4 is 25.7 Å². The van der Waals surface area contributed by atoms with Crippen LogP contribution in [-0.2, 0) is 13.9 Å². The van der Waals surface area contributed by atoms with Crippen LogP contribution in [0.1, 0.15) is 37.8 Å². The number of carboxylic acid groups (broad SMARTS) is 1. The molecule has 0 spiro atoms. The summed E-state index contributed by atoms with van der Waals surface area (Å²) in [6.45, 7) is 2.20. The van der Waals surface area contributed by atoms with E-state index in [1.54, 1.807) is 24.3 Å². The highest BCUT2D eigenvalue weighted by molar-refractivity contribution is 7.36. The van der Waals surface area contributed by atoms with Gasteiger partial charge in [0.1, 0.15) is 18.1 Å². The molecule has 2 aromatic carbocycles. The number of hydrogen-bond acceptors (Lipinski definition) is 4. The van der Waals surface area contributed by atoms with Crippen molar-refractivity contribution in [3.8, 4) is 11.5 Å². The van der Waals surface area contributed by atoms with Gasteiger partial charge in [0.2, 0.25) is 0 Å². The molecule has 3 rings (SSSR count). The quantitative estimate of drug-likeness (QED) is 0.568. The first-order valence-corrected chi connectivity index (χ1v) is 10.7. The molecule has 0 amide bonds. The van der Waals surface area contributed by atoms with Gasteiger partial charge in [0, 0.05) is 10.6 Å². The minimum atomic E-state index is -2.25. The average Bonchev–Trinajstić information content (AvgIpc) is 2.68. The topological polar surface area (TPSA) is 76.1 Å². The molecule has 0 aromatic heterocycles. The van der Waals surface area contributed by atoms with Crippen LogP contribution in [0.5, 0.6) is 11.5 Å². The first-order chi connectivity index (χ1) is 13.5. The predicted octanol–water partition coefficient (Wildman–Crippen LogP) is 5.81. The molecule has 0 radical (unpaired) electrons. The number of carbonyl (C=O) groups is 1. The fourth-order valence-electron chi connectivity index (χ4n) is 3.30. The van der Waals surface area contributed by atoms with Gasteiger partial charge in [0.15, 0.2) is 6.04 Å². The molecule has 1 aliphatic rings. The molecule has 1 saturated heterocycles. The number of halogens is 1. The fraction of sp³-hybridized carbons (Fsp3) is 0.350. The van der Waals surface area contributed by atoms with E-state index in [0.29, 0.717) is 42.4 Å². The highest BCUT2D eigenvalue weighted by atomic mass is 35.5. The summed E-state index contributed by atoms with van der Waals surface area (Å²) in [6.07, 6.45) is 1.57. The molecule has 0 bridgehead atoms. The van der Waals surface area contributed by atoms with Gasteiger partial charge in [-0.2, -0.15) is 0 Å². The molecule has 6 nitrogen and oxygen atoms in total. The van der Waals surface area contributed by atoms with E-state index in [-0.39, 0.29) is 6.04 Å². The highest BCUT2D eigenvalue weighted by Gasteiger charge is 2.50. The smallest absolute Gasteiger partial charge is 0.480 e. The fourth-order valence-corrected chi connectivity index (χ4v) is 4.74. The molecular formula is C20H22ClNO5P+. The Morgan fingerprint density at radius 2 is 2.04 bits per heavy atom. The molecule has 1 N–H and O–H groups in total. The van der Waals surface area contributed by atoms with Crippen LogP contribution in [0.2, 0.25) is 5.02 Å². The van der Waals surface area contributed by atoms with E-state index in [1.807, 2.05) is 31.2 Å². The summed E-state index contributed by atoms with van der Waals surface area (Å²) >= 11 is 5.93. The number of ether oxygens (including phenoxy) is 1. The predicted molar refractivity (Wildman–Crippen MR) is 107 cm³/mol. The normalized spacial score (nSPS) is 19.9. The lowest BCUT2D eigenvalue weighted by atomic mass is 10.0. The zero-order chi connectivity index (χ0) is 20.1. The molecule has 0 saturated carbocycles. The largest absolute Gasteiger partial charge is 0.617 e. The zero-order valence-corrected chi connectivity index (χ0v) is 17.1. The van der Waals surface area contributed by atoms with E-state index in [0.717, 1.165) is 5.56 Å². The van der Waals surface area contributed by atoms with E-state index in [1.165, 1.54) is 4.67 Å². The number of hydrogen-bond donors (Lipinski definition) is 1. The number of aliphatic carboxylic acids is 1. The van der Waals surface area contributed by atoms with E-state index in [4.69, 9.17) is 20.9 Å². The molecule has 1 aliphatic heterocycles. The SMILES string of the molecule is CCCC(C(=O)O)N1C(c2ccccc2Oc2ccc(Cl)cc2)CCO[P+]1=O. The second kappa shape index (κ2) is 9.48. The maximum absolute atomic E-state index is 12.6. The van der Waals surface area contributed by atoms with Crippen LogP contribution in [0.15, 0.2) is 48.5 Å². The monoisotopic (exact) mass is 422 g/mol. The van der Waals surface area contributed by atoms with Crippen molar-refractivity contribution in [1.82, 2.24) is 4.67 Å². The van der Waals surface area contributed by atoms with Crippen molar-refractivity contribution in [2.75, 3.05) is 6.61 Å². The second-order valence-electron chi connectivity index (χ2n) is 6.49. The average molecular weight is 423 g/mol. The zero-order valence-electron chi connectivity index (χ0n) is 15.5. The van der Waals surface area contributed by atoms with E-state index < -0.39 is 20.2 Å². The Bertz CT molecular complexity index is 845. The van der Waals surface area contributed by atoms with Crippen molar-refractivity contribution in [3.05, 3.63) is 59.1 Å².